The molecule has 0 N–H and O–H groups in total. The van der Waals surface area contributed by atoms with Gasteiger partial charge in [-0.2, -0.15) is 0 Å². The number of benzene rings is 1. The Bertz CT molecular complexity index is 450. The van der Waals surface area contributed by atoms with Crippen molar-refractivity contribution < 1.29 is 9.59 Å². The molecule has 18 heavy (non-hydrogen) atoms. The summed E-state index contributed by atoms with van der Waals surface area (Å²) in [5, 5.41) is 0. The van der Waals surface area contributed by atoms with E-state index in [4.69, 9.17) is 0 Å². The molecule has 0 aromatic heterocycles. The summed E-state index contributed by atoms with van der Waals surface area (Å²) in [4.78, 5) is 25.8. The molecular weight excluding hydrogens is 226 g/mol. The number of hydrogen-bond donors (Lipinski definition) is 0. The molecule has 2 rings (SSSR count). The van der Waals surface area contributed by atoms with Gasteiger partial charge in [0.25, 0.3) is 0 Å². The van der Waals surface area contributed by atoms with Crippen molar-refractivity contribution in [3.63, 3.8) is 0 Å². The third kappa shape index (κ3) is 2.45. The van der Waals surface area contributed by atoms with Crippen molar-refractivity contribution in [3.8, 4) is 0 Å². The second kappa shape index (κ2) is 5.34. The maximum Gasteiger partial charge on any atom is 0.237 e. The van der Waals surface area contributed by atoms with E-state index in [0.717, 1.165) is 18.7 Å². The summed E-state index contributed by atoms with van der Waals surface area (Å²) in [5.41, 5.74) is 2.07. The minimum atomic E-state index is -0.426. The van der Waals surface area contributed by atoms with E-state index in [1.54, 1.807) is 4.90 Å². The van der Waals surface area contributed by atoms with Crippen molar-refractivity contribution in [2.24, 2.45) is 5.92 Å². The van der Waals surface area contributed by atoms with Crippen LogP contribution in [0.4, 0.5) is 5.69 Å². The number of carbonyl (C=O) groups excluding carboxylic acids is 2. The van der Waals surface area contributed by atoms with Crippen molar-refractivity contribution in [2.75, 3.05) is 11.4 Å². The van der Waals surface area contributed by atoms with Crippen LogP contribution in [0, 0.1) is 12.8 Å². The Morgan fingerprint density at radius 1 is 1.33 bits per heavy atom. The average molecular weight is 245 g/mol. The van der Waals surface area contributed by atoms with E-state index in [0.29, 0.717) is 12.8 Å². The van der Waals surface area contributed by atoms with Crippen LogP contribution in [0.2, 0.25) is 0 Å². The molecule has 0 aliphatic carbocycles. The maximum absolute atomic E-state index is 12.3. The van der Waals surface area contributed by atoms with Gasteiger partial charge in [0.2, 0.25) is 5.91 Å². The molecule has 1 aromatic rings. The topological polar surface area (TPSA) is 37.4 Å². The molecule has 0 saturated carbocycles. The van der Waals surface area contributed by atoms with Gasteiger partial charge in [-0.1, -0.05) is 24.6 Å². The Labute approximate surface area is 108 Å². The van der Waals surface area contributed by atoms with Crippen LogP contribution in [-0.4, -0.2) is 18.2 Å². The molecule has 3 nitrogen and oxygen atoms in total. The molecule has 96 valence electrons. The van der Waals surface area contributed by atoms with Crippen molar-refractivity contribution in [1.29, 1.82) is 0 Å². The van der Waals surface area contributed by atoms with Crippen LogP contribution < -0.4 is 4.90 Å². The lowest BCUT2D eigenvalue weighted by Crippen LogP contribution is -2.44. The van der Waals surface area contributed by atoms with Crippen LogP contribution in [0.5, 0.6) is 0 Å². The number of piperidine rings is 1. The first kappa shape index (κ1) is 12.8. The first-order chi connectivity index (χ1) is 8.63. The Kier molecular flexibility index (Phi) is 3.80. The van der Waals surface area contributed by atoms with E-state index >= 15 is 0 Å². The summed E-state index contributed by atoms with van der Waals surface area (Å²) in [6, 6.07) is 7.89. The Balaban J connectivity index is 2.21. The Morgan fingerprint density at radius 3 is 2.61 bits per heavy atom. The standard InChI is InChI=1S/C15H19NO2/c1-3-14(17)13-5-4-10-16(15(13)18)12-8-6-11(2)7-9-12/h6-9,13H,3-5,10H2,1-2H3/t13-/m1/s1. The van der Waals surface area contributed by atoms with E-state index in [9.17, 15) is 9.59 Å². The summed E-state index contributed by atoms with van der Waals surface area (Å²) in [5.74, 6) is -0.390. The van der Waals surface area contributed by atoms with Gasteiger partial charge in [-0.05, 0) is 31.9 Å². The zero-order valence-electron chi connectivity index (χ0n) is 11.0. The number of ketones is 1. The second-order valence-corrected chi connectivity index (χ2v) is 4.84. The first-order valence-electron chi connectivity index (χ1n) is 6.54. The molecule has 1 aliphatic heterocycles. The number of aryl methyl sites for hydroxylation is 1. The van der Waals surface area contributed by atoms with Gasteiger partial charge in [-0.3, -0.25) is 9.59 Å². The van der Waals surface area contributed by atoms with E-state index in [1.807, 2.05) is 38.1 Å². The molecule has 0 unspecified atom stereocenters. The molecule has 1 saturated heterocycles. The van der Waals surface area contributed by atoms with E-state index in [2.05, 4.69) is 0 Å². The monoisotopic (exact) mass is 245 g/mol. The molecule has 1 aromatic carbocycles. The molecule has 1 amide bonds. The minimum Gasteiger partial charge on any atom is -0.312 e. The summed E-state index contributed by atoms with van der Waals surface area (Å²) in [6.45, 7) is 4.56. The average Bonchev–Trinajstić information content (AvgIpc) is 2.39. The fourth-order valence-corrected chi connectivity index (χ4v) is 2.40. The predicted molar refractivity (Wildman–Crippen MR) is 71.6 cm³/mol. The van der Waals surface area contributed by atoms with Gasteiger partial charge in [0.15, 0.2) is 0 Å². The number of amides is 1. The molecule has 0 radical (unpaired) electrons. The number of rotatable bonds is 3. The summed E-state index contributed by atoms with van der Waals surface area (Å²) in [7, 11) is 0. The van der Waals surface area contributed by atoms with Gasteiger partial charge >= 0.3 is 0 Å². The summed E-state index contributed by atoms with van der Waals surface area (Å²) >= 11 is 0. The quantitative estimate of drug-likeness (QED) is 0.768. The number of anilines is 1. The number of hydrogen-bond acceptors (Lipinski definition) is 2. The lowest BCUT2D eigenvalue weighted by Gasteiger charge is -2.31. The van der Waals surface area contributed by atoms with Gasteiger partial charge in [0.05, 0.1) is 5.92 Å². The van der Waals surface area contributed by atoms with Gasteiger partial charge in [-0.25, -0.2) is 0 Å². The maximum atomic E-state index is 12.3. The summed E-state index contributed by atoms with van der Waals surface area (Å²) in [6.07, 6.45) is 2.04. The second-order valence-electron chi connectivity index (χ2n) is 4.84. The molecule has 1 aliphatic rings. The fourth-order valence-electron chi connectivity index (χ4n) is 2.40. The molecule has 3 heteroatoms. The third-order valence-electron chi connectivity index (χ3n) is 3.52. The predicted octanol–water partition coefficient (Wildman–Crippen LogP) is 2.72. The zero-order valence-corrected chi connectivity index (χ0v) is 11.0. The van der Waals surface area contributed by atoms with E-state index < -0.39 is 5.92 Å². The van der Waals surface area contributed by atoms with Crippen LogP contribution in [0.1, 0.15) is 31.7 Å². The van der Waals surface area contributed by atoms with Crippen LogP contribution in [-0.2, 0) is 9.59 Å². The smallest absolute Gasteiger partial charge is 0.237 e. The van der Waals surface area contributed by atoms with Crippen LogP contribution >= 0.6 is 0 Å². The Hall–Kier alpha value is -1.64. The molecule has 0 bridgehead atoms. The van der Waals surface area contributed by atoms with Crippen molar-refractivity contribution in [2.45, 2.75) is 33.1 Å². The number of nitrogens with zero attached hydrogens (tertiary/aromatic N) is 1. The van der Waals surface area contributed by atoms with Crippen LogP contribution in [0.15, 0.2) is 24.3 Å². The highest BCUT2D eigenvalue weighted by Gasteiger charge is 2.33. The highest BCUT2D eigenvalue weighted by atomic mass is 16.2. The molecule has 1 heterocycles. The first-order valence-corrected chi connectivity index (χ1v) is 6.54. The van der Waals surface area contributed by atoms with Gasteiger partial charge in [0.1, 0.15) is 5.78 Å². The van der Waals surface area contributed by atoms with Gasteiger partial charge < -0.3 is 4.90 Å². The third-order valence-corrected chi connectivity index (χ3v) is 3.52. The number of carbonyl (C=O) groups is 2. The highest BCUT2D eigenvalue weighted by Crippen LogP contribution is 2.25. The van der Waals surface area contributed by atoms with Crippen molar-refractivity contribution in [1.82, 2.24) is 0 Å². The van der Waals surface area contributed by atoms with Crippen LogP contribution in [0.3, 0.4) is 0 Å². The normalized spacial score (nSPS) is 20.0. The minimum absolute atomic E-state index is 0.0306. The van der Waals surface area contributed by atoms with E-state index in [1.165, 1.54) is 5.56 Å². The van der Waals surface area contributed by atoms with Crippen molar-refractivity contribution in [3.05, 3.63) is 29.8 Å². The lowest BCUT2D eigenvalue weighted by atomic mass is 9.91. The van der Waals surface area contributed by atoms with Gasteiger partial charge in [-0.15, -0.1) is 0 Å². The van der Waals surface area contributed by atoms with E-state index in [-0.39, 0.29) is 11.7 Å². The molecule has 1 atom stereocenters. The fraction of sp³-hybridized carbons (Fsp3) is 0.467. The highest BCUT2D eigenvalue weighted by molar-refractivity contribution is 6.08. The largest absolute Gasteiger partial charge is 0.312 e. The molecule has 0 spiro atoms. The van der Waals surface area contributed by atoms with Gasteiger partial charge in [0, 0.05) is 18.7 Å². The van der Waals surface area contributed by atoms with Crippen LogP contribution in [0.25, 0.3) is 0 Å². The Morgan fingerprint density at radius 2 is 2.00 bits per heavy atom. The molecular formula is C15H19NO2. The summed E-state index contributed by atoms with van der Waals surface area (Å²) < 4.78 is 0. The zero-order chi connectivity index (χ0) is 13.1. The number of Topliss-reactive ketones (excluding diaryl/α,β-unsaturated/α-hetero) is 1. The van der Waals surface area contributed by atoms with Crippen molar-refractivity contribution >= 4 is 17.4 Å². The lowest BCUT2D eigenvalue weighted by molar-refractivity contribution is -0.133. The molecule has 1 fully saturated rings. The SMILES string of the molecule is CCC(=O)[C@H]1CCCN(c2ccc(C)cc2)C1=O.